The zero-order chi connectivity index (χ0) is 13.3. The van der Waals surface area contributed by atoms with Gasteiger partial charge in [0.15, 0.2) is 6.61 Å². The average molecular weight is 270 g/mol. The lowest BCUT2D eigenvalue weighted by atomic mass is 9.97. The van der Waals surface area contributed by atoms with Crippen molar-refractivity contribution in [2.24, 2.45) is 0 Å². The van der Waals surface area contributed by atoms with Gasteiger partial charge in [0.1, 0.15) is 5.75 Å². The quantitative estimate of drug-likeness (QED) is 0.907. The Morgan fingerprint density at radius 1 is 1.56 bits per heavy atom. The summed E-state index contributed by atoms with van der Waals surface area (Å²) in [6.07, 6.45) is 0. The van der Waals surface area contributed by atoms with Crippen LogP contribution in [0.4, 0.5) is 0 Å². The van der Waals surface area contributed by atoms with Gasteiger partial charge in [0.25, 0.3) is 5.91 Å². The molecule has 1 aromatic rings. The van der Waals surface area contributed by atoms with Crippen LogP contribution >= 0.6 is 11.6 Å². The van der Waals surface area contributed by atoms with E-state index in [0.717, 1.165) is 5.56 Å². The number of hydrogen-bond donors (Lipinski definition) is 1. The summed E-state index contributed by atoms with van der Waals surface area (Å²) in [4.78, 5) is 13.3. The van der Waals surface area contributed by atoms with Crippen LogP contribution < -0.4 is 4.74 Å². The molecule has 1 saturated heterocycles. The van der Waals surface area contributed by atoms with Crippen LogP contribution in [0.3, 0.4) is 0 Å². The van der Waals surface area contributed by atoms with Crippen LogP contribution in [0.2, 0.25) is 5.02 Å². The summed E-state index contributed by atoms with van der Waals surface area (Å²) in [6.45, 7) is 4.31. The van der Waals surface area contributed by atoms with Gasteiger partial charge in [-0.25, -0.2) is 0 Å². The second-order valence-corrected chi connectivity index (χ2v) is 5.35. The molecule has 1 N–H and O–H groups in total. The second kappa shape index (κ2) is 4.78. The number of ether oxygens (including phenoxy) is 1. The fraction of sp³-hybridized carbons (Fsp3) is 0.462. The number of hydrogen-bond acceptors (Lipinski definition) is 3. The maximum absolute atomic E-state index is 11.7. The van der Waals surface area contributed by atoms with Crippen molar-refractivity contribution in [3.05, 3.63) is 28.8 Å². The molecule has 0 unspecified atom stereocenters. The highest BCUT2D eigenvalue weighted by atomic mass is 35.5. The standard InChI is InChI=1S/C13H16ClNO3/c1-9-5-10(3-4-11(9)14)18-6-12(16)15-7-13(2,17)8-15/h3-5,17H,6-8H2,1-2H3. The molecule has 0 aliphatic carbocycles. The predicted octanol–water partition coefficient (Wildman–Crippen LogP) is 1.62. The smallest absolute Gasteiger partial charge is 0.260 e. The van der Waals surface area contributed by atoms with Crippen molar-refractivity contribution in [2.45, 2.75) is 19.4 Å². The maximum atomic E-state index is 11.7. The van der Waals surface area contributed by atoms with Crippen molar-refractivity contribution in [2.75, 3.05) is 19.7 Å². The first kappa shape index (κ1) is 13.2. The number of β-amino-alcohol motifs (C(OH)–C–C–N with tert-alkyl or cyclic N) is 1. The molecule has 1 heterocycles. The van der Waals surface area contributed by atoms with Gasteiger partial charge in [-0.15, -0.1) is 0 Å². The lowest BCUT2D eigenvalue weighted by Crippen LogP contribution is -2.62. The Kier molecular flexibility index (Phi) is 3.50. The van der Waals surface area contributed by atoms with E-state index in [9.17, 15) is 9.90 Å². The molecule has 5 heteroatoms. The highest BCUT2D eigenvalue weighted by Gasteiger charge is 2.39. The Labute approximate surface area is 111 Å². The third-order valence-electron chi connectivity index (χ3n) is 2.91. The molecular formula is C13H16ClNO3. The number of likely N-dealkylation sites (tertiary alicyclic amines) is 1. The molecule has 2 rings (SSSR count). The number of carbonyl (C=O) groups is 1. The summed E-state index contributed by atoms with van der Waals surface area (Å²) in [6, 6.07) is 5.27. The van der Waals surface area contributed by atoms with E-state index in [0.29, 0.717) is 23.9 Å². The lowest BCUT2D eigenvalue weighted by molar-refractivity contribution is -0.154. The normalized spacial score (nSPS) is 17.2. The lowest BCUT2D eigenvalue weighted by Gasteiger charge is -2.43. The van der Waals surface area contributed by atoms with Crippen LogP contribution in [-0.4, -0.2) is 41.2 Å². The first-order valence-electron chi connectivity index (χ1n) is 5.76. The van der Waals surface area contributed by atoms with Crippen LogP contribution in [0.15, 0.2) is 18.2 Å². The zero-order valence-corrected chi connectivity index (χ0v) is 11.2. The number of amides is 1. The first-order valence-corrected chi connectivity index (χ1v) is 6.14. The number of carbonyl (C=O) groups excluding carboxylic acids is 1. The Morgan fingerprint density at radius 2 is 2.22 bits per heavy atom. The van der Waals surface area contributed by atoms with E-state index in [1.807, 2.05) is 6.92 Å². The number of aryl methyl sites for hydroxylation is 1. The summed E-state index contributed by atoms with van der Waals surface area (Å²) in [7, 11) is 0. The van der Waals surface area contributed by atoms with Crippen molar-refractivity contribution in [3.8, 4) is 5.75 Å². The van der Waals surface area contributed by atoms with Gasteiger partial charge >= 0.3 is 0 Å². The molecule has 1 fully saturated rings. The summed E-state index contributed by atoms with van der Waals surface area (Å²) in [5.74, 6) is 0.506. The van der Waals surface area contributed by atoms with Crippen LogP contribution in [0, 0.1) is 6.92 Å². The van der Waals surface area contributed by atoms with Crippen molar-refractivity contribution < 1.29 is 14.6 Å². The van der Waals surface area contributed by atoms with E-state index in [4.69, 9.17) is 16.3 Å². The third kappa shape index (κ3) is 2.94. The molecule has 0 saturated carbocycles. The van der Waals surface area contributed by atoms with Crippen molar-refractivity contribution in [1.29, 1.82) is 0 Å². The largest absolute Gasteiger partial charge is 0.484 e. The van der Waals surface area contributed by atoms with Gasteiger partial charge in [0.2, 0.25) is 0 Å². The Bertz CT molecular complexity index is 465. The summed E-state index contributed by atoms with van der Waals surface area (Å²) in [5, 5.41) is 10.2. The first-order chi connectivity index (χ1) is 8.37. The molecule has 0 radical (unpaired) electrons. The minimum atomic E-state index is -0.744. The summed E-state index contributed by atoms with van der Waals surface area (Å²) >= 11 is 5.90. The number of nitrogens with zero attached hydrogens (tertiary/aromatic N) is 1. The Balaban J connectivity index is 1.84. The molecule has 1 amide bonds. The highest BCUT2D eigenvalue weighted by molar-refractivity contribution is 6.31. The molecule has 1 aliphatic rings. The molecular weight excluding hydrogens is 254 g/mol. The van der Waals surface area contributed by atoms with Crippen LogP contribution in [-0.2, 0) is 4.79 Å². The van der Waals surface area contributed by atoms with Crippen LogP contribution in [0.5, 0.6) is 5.75 Å². The van der Waals surface area contributed by atoms with E-state index < -0.39 is 5.60 Å². The zero-order valence-electron chi connectivity index (χ0n) is 10.4. The van der Waals surface area contributed by atoms with Crippen LogP contribution in [0.25, 0.3) is 0 Å². The van der Waals surface area contributed by atoms with E-state index in [-0.39, 0.29) is 12.5 Å². The van der Waals surface area contributed by atoms with E-state index in [1.165, 1.54) is 0 Å². The summed E-state index contributed by atoms with van der Waals surface area (Å²) in [5.41, 5.74) is 0.167. The molecule has 1 aliphatic heterocycles. The number of aliphatic hydroxyl groups is 1. The average Bonchev–Trinajstić information content (AvgIpc) is 2.27. The summed E-state index contributed by atoms with van der Waals surface area (Å²) < 4.78 is 5.40. The van der Waals surface area contributed by atoms with Gasteiger partial charge in [-0.05, 0) is 37.6 Å². The fourth-order valence-electron chi connectivity index (χ4n) is 1.90. The minimum Gasteiger partial charge on any atom is -0.484 e. The molecule has 0 spiro atoms. The van der Waals surface area contributed by atoms with Gasteiger partial charge in [-0.2, -0.15) is 0 Å². The van der Waals surface area contributed by atoms with E-state index in [1.54, 1.807) is 30.0 Å². The van der Waals surface area contributed by atoms with E-state index in [2.05, 4.69) is 0 Å². The molecule has 18 heavy (non-hydrogen) atoms. The number of rotatable bonds is 3. The molecule has 4 nitrogen and oxygen atoms in total. The second-order valence-electron chi connectivity index (χ2n) is 4.95. The molecule has 0 bridgehead atoms. The Morgan fingerprint density at radius 3 is 2.78 bits per heavy atom. The van der Waals surface area contributed by atoms with Crippen molar-refractivity contribution in [3.63, 3.8) is 0 Å². The van der Waals surface area contributed by atoms with Gasteiger partial charge in [0, 0.05) is 5.02 Å². The molecule has 1 aromatic carbocycles. The van der Waals surface area contributed by atoms with Gasteiger partial charge in [0.05, 0.1) is 18.7 Å². The number of benzene rings is 1. The predicted molar refractivity (Wildman–Crippen MR) is 68.9 cm³/mol. The maximum Gasteiger partial charge on any atom is 0.260 e. The molecule has 0 atom stereocenters. The number of halogens is 1. The Hall–Kier alpha value is -1.26. The SMILES string of the molecule is Cc1cc(OCC(=O)N2CC(C)(O)C2)ccc1Cl. The van der Waals surface area contributed by atoms with Crippen molar-refractivity contribution in [1.82, 2.24) is 4.90 Å². The van der Waals surface area contributed by atoms with Gasteiger partial charge in [-0.1, -0.05) is 11.6 Å². The molecule has 98 valence electrons. The highest BCUT2D eigenvalue weighted by Crippen LogP contribution is 2.22. The van der Waals surface area contributed by atoms with Crippen LogP contribution in [0.1, 0.15) is 12.5 Å². The minimum absolute atomic E-state index is 0.0167. The topological polar surface area (TPSA) is 49.8 Å². The van der Waals surface area contributed by atoms with Crippen molar-refractivity contribution >= 4 is 17.5 Å². The molecule has 0 aromatic heterocycles. The fourth-order valence-corrected chi connectivity index (χ4v) is 2.01. The van der Waals surface area contributed by atoms with Gasteiger partial charge < -0.3 is 14.7 Å². The van der Waals surface area contributed by atoms with E-state index >= 15 is 0 Å². The van der Waals surface area contributed by atoms with Gasteiger partial charge in [-0.3, -0.25) is 4.79 Å². The monoisotopic (exact) mass is 269 g/mol. The third-order valence-corrected chi connectivity index (χ3v) is 3.33.